The Hall–Kier alpha value is -0.260. The molecule has 0 heterocycles. The SMILES string of the molecule is CCCC/C=C(/C)CC(C)CCC. The minimum Gasteiger partial charge on any atom is -0.0856 e. The molecule has 0 bridgehead atoms. The summed E-state index contributed by atoms with van der Waals surface area (Å²) >= 11 is 0. The average Bonchev–Trinajstić information content (AvgIpc) is 2.05. The van der Waals surface area contributed by atoms with E-state index in [0.29, 0.717) is 0 Å². The number of hydrogen-bond donors (Lipinski definition) is 0. The summed E-state index contributed by atoms with van der Waals surface area (Å²) in [5, 5.41) is 0. The quantitative estimate of drug-likeness (QED) is 0.386. The van der Waals surface area contributed by atoms with Crippen molar-refractivity contribution in [3.8, 4) is 0 Å². The Labute approximate surface area is 84.4 Å². The van der Waals surface area contributed by atoms with Crippen LogP contribution in [0.5, 0.6) is 0 Å². The lowest BCUT2D eigenvalue weighted by Crippen LogP contribution is -1.94. The highest BCUT2D eigenvalue weighted by atomic mass is 14.1. The molecule has 0 aliphatic carbocycles. The first kappa shape index (κ1) is 12.7. The van der Waals surface area contributed by atoms with Gasteiger partial charge in [-0.3, -0.25) is 0 Å². The maximum absolute atomic E-state index is 2.43. The molecule has 0 aromatic rings. The molecular formula is C13H26. The summed E-state index contributed by atoms with van der Waals surface area (Å²) in [5.41, 5.74) is 1.59. The molecule has 0 spiro atoms. The zero-order chi connectivity index (χ0) is 10.1. The molecule has 0 aliphatic heterocycles. The molecule has 0 N–H and O–H groups in total. The highest BCUT2D eigenvalue weighted by Crippen LogP contribution is 2.16. The van der Waals surface area contributed by atoms with Crippen LogP contribution in [0.3, 0.4) is 0 Å². The van der Waals surface area contributed by atoms with Crippen molar-refractivity contribution in [3.05, 3.63) is 11.6 Å². The molecule has 1 atom stereocenters. The van der Waals surface area contributed by atoms with Crippen LogP contribution in [0.4, 0.5) is 0 Å². The lowest BCUT2D eigenvalue weighted by molar-refractivity contribution is 0.519. The summed E-state index contributed by atoms with van der Waals surface area (Å²) in [4.78, 5) is 0. The zero-order valence-electron chi connectivity index (χ0n) is 9.90. The molecule has 0 aromatic heterocycles. The van der Waals surface area contributed by atoms with Gasteiger partial charge in [-0.05, 0) is 25.7 Å². The van der Waals surface area contributed by atoms with Crippen LogP contribution in [0, 0.1) is 5.92 Å². The number of rotatable bonds is 7. The van der Waals surface area contributed by atoms with Gasteiger partial charge in [0, 0.05) is 0 Å². The Bertz CT molecular complexity index is 133. The van der Waals surface area contributed by atoms with Crippen molar-refractivity contribution in [1.29, 1.82) is 0 Å². The second-order valence-electron chi connectivity index (χ2n) is 4.29. The Morgan fingerprint density at radius 1 is 1.23 bits per heavy atom. The fourth-order valence-corrected chi connectivity index (χ4v) is 1.78. The Kier molecular flexibility index (Phi) is 8.18. The highest BCUT2D eigenvalue weighted by Gasteiger charge is 2.00. The smallest absolute Gasteiger partial charge is 0.0297 e. The maximum atomic E-state index is 2.43. The van der Waals surface area contributed by atoms with E-state index in [9.17, 15) is 0 Å². The third-order valence-corrected chi connectivity index (χ3v) is 2.50. The lowest BCUT2D eigenvalue weighted by atomic mass is 9.97. The van der Waals surface area contributed by atoms with Crippen LogP contribution in [-0.4, -0.2) is 0 Å². The first-order valence-electron chi connectivity index (χ1n) is 5.86. The van der Waals surface area contributed by atoms with Gasteiger partial charge in [0.05, 0.1) is 0 Å². The van der Waals surface area contributed by atoms with Crippen molar-refractivity contribution >= 4 is 0 Å². The van der Waals surface area contributed by atoms with Gasteiger partial charge in [-0.2, -0.15) is 0 Å². The maximum Gasteiger partial charge on any atom is -0.0297 e. The Balaban J connectivity index is 3.58. The third kappa shape index (κ3) is 8.08. The van der Waals surface area contributed by atoms with Crippen LogP contribution in [0.25, 0.3) is 0 Å². The van der Waals surface area contributed by atoms with Crippen molar-refractivity contribution in [2.45, 2.75) is 66.2 Å². The van der Waals surface area contributed by atoms with E-state index < -0.39 is 0 Å². The first-order valence-corrected chi connectivity index (χ1v) is 5.86. The minimum atomic E-state index is 0.878. The number of hydrogen-bond acceptors (Lipinski definition) is 0. The predicted octanol–water partition coefficient (Wildman–Crippen LogP) is 4.95. The van der Waals surface area contributed by atoms with E-state index in [1.165, 1.54) is 38.5 Å². The molecule has 0 radical (unpaired) electrons. The van der Waals surface area contributed by atoms with Crippen molar-refractivity contribution < 1.29 is 0 Å². The third-order valence-electron chi connectivity index (χ3n) is 2.50. The average molecular weight is 182 g/mol. The Morgan fingerprint density at radius 2 is 1.92 bits per heavy atom. The summed E-state index contributed by atoms with van der Waals surface area (Å²) < 4.78 is 0. The van der Waals surface area contributed by atoms with Crippen molar-refractivity contribution in [2.24, 2.45) is 5.92 Å². The van der Waals surface area contributed by atoms with Crippen LogP contribution >= 0.6 is 0 Å². The van der Waals surface area contributed by atoms with E-state index in [4.69, 9.17) is 0 Å². The van der Waals surface area contributed by atoms with Gasteiger partial charge >= 0.3 is 0 Å². The monoisotopic (exact) mass is 182 g/mol. The topological polar surface area (TPSA) is 0 Å². The molecule has 0 amide bonds. The van der Waals surface area contributed by atoms with E-state index >= 15 is 0 Å². The van der Waals surface area contributed by atoms with Crippen LogP contribution in [-0.2, 0) is 0 Å². The molecule has 0 rings (SSSR count). The van der Waals surface area contributed by atoms with E-state index in [0.717, 1.165) is 5.92 Å². The Morgan fingerprint density at radius 3 is 2.46 bits per heavy atom. The number of allylic oxidation sites excluding steroid dienone is 2. The van der Waals surface area contributed by atoms with E-state index in [2.05, 4.69) is 33.8 Å². The van der Waals surface area contributed by atoms with Crippen molar-refractivity contribution in [1.82, 2.24) is 0 Å². The van der Waals surface area contributed by atoms with Gasteiger partial charge in [-0.25, -0.2) is 0 Å². The van der Waals surface area contributed by atoms with Gasteiger partial charge in [0.1, 0.15) is 0 Å². The van der Waals surface area contributed by atoms with Crippen LogP contribution in [0.2, 0.25) is 0 Å². The van der Waals surface area contributed by atoms with Crippen LogP contribution < -0.4 is 0 Å². The second-order valence-corrected chi connectivity index (χ2v) is 4.29. The van der Waals surface area contributed by atoms with Crippen LogP contribution in [0.1, 0.15) is 66.2 Å². The molecular weight excluding hydrogens is 156 g/mol. The second kappa shape index (κ2) is 8.34. The highest BCUT2D eigenvalue weighted by molar-refractivity contribution is 4.98. The molecule has 0 saturated carbocycles. The van der Waals surface area contributed by atoms with Gasteiger partial charge < -0.3 is 0 Å². The molecule has 0 nitrogen and oxygen atoms in total. The zero-order valence-corrected chi connectivity index (χ0v) is 9.90. The summed E-state index contributed by atoms with van der Waals surface area (Å²) in [6, 6.07) is 0. The predicted molar refractivity (Wildman–Crippen MR) is 62.0 cm³/mol. The van der Waals surface area contributed by atoms with Gasteiger partial charge in [0.2, 0.25) is 0 Å². The summed E-state index contributed by atoms with van der Waals surface area (Å²) in [6.07, 6.45) is 10.4. The molecule has 0 heteroatoms. The normalized spacial score (nSPS) is 14.6. The van der Waals surface area contributed by atoms with Crippen LogP contribution in [0.15, 0.2) is 11.6 Å². The largest absolute Gasteiger partial charge is 0.0856 e. The first-order chi connectivity index (χ1) is 6.20. The summed E-state index contributed by atoms with van der Waals surface area (Å²) in [7, 11) is 0. The van der Waals surface area contributed by atoms with Crippen molar-refractivity contribution in [3.63, 3.8) is 0 Å². The fraction of sp³-hybridized carbons (Fsp3) is 0.846. The number of unbranched alkanes of at least 4 members (excludes halogenated alkanes) is 2. The molecule has 1 unspecified atom stereocenters. The van der Waals surface area contributed by atoms with E-state index in [1.807, 2.05) is 0 Å². The summed E-state index contributed by atoms with van der Waals surface area (Å²) in [6.45, 7) is 9.16. The van der Waals surface area contributed by atoms with Gasteiger partial charge in [-0.1, -0.05) is 58.1 Å². The minimum absolute atomic E-state index is 0.878. The molecule has 0 fully saturated rings. The molecule has 78 valence electrons. The standard InChI is InChI=1S/C13H26/c1-5-7-8-10-13(4)11-12(3)9-6-2/h10,12H,5-9,11H2,1-4H3/b13-10-. The van der Waals surface area contributed by atoms with Crippen molar-refractivity contribution in [2.75, 3.05) is 0 Å². The molecule has 0 saturated heterocycles. The van der Waals surface area contributed by atoms with Gasteiger partial charge in [0.15, 0.2) is 0 Å². The van der Waals surface area contributed by atoms with E-state index in [1.54, 1.807) is 5.57 Å². The molecule has 0 aliphatic rings. The molecule has 13 heavy (non-hydrogen) atoms. The van der Waals surface area contributed by atoms with Gasteiger partial charge in [-0.15, -0.1) is 0 Å². The van der Waals surface area contributed by atoms with E-state index in [-0.39, 0.29) is 0 Å². The van der Waals surface area contributed by atoms with Gasteiger partial charge in [0.25, 0.3) is 0 Å². The molecule has 0 aromatic carbocycles. The summed E-state index contributed by atoms with van der Waals surface area (Å²) in [5.74, 6) is 0.878. The lowest BCUT2D eigenvalue weighted by Gasteiger charge is -2.09. The fourth-order valence-electron chi connectivity index (χ4n) is 1.78.